The number of hydrogen-bond donors (Lipinski definition) is 1. The summed E-state index contributed by atoms with van der Waals surface area (Å²) >= 11 is 0. The summed E-state index contributed by atoms with van der Waals surface area (Å²) in [5, 5.41) is 2.69. The van der Waals surface area contributed by atoms with E-state index in [1.807, 2.05) is 18.2 Å². The van der Waals surface area contributed by atoms with Gasteiger partial charge < -0.3 is 9.97 Å². The molecule has 1 amide bonds. The summed E-state index contributed by atoms with van der Waals surface area (Å²) in [5.74, 6) is -0.358. The Labute approximate surface area is 138 Å². The van der Waals surface area contributed by atoms with Crippen LogP contribution in [0.3, 0.4) is 0 Å². The number of hydrogen-bond acceptors (Lipinski definition) is 3. The maximum Gasteiger partial charge on any atom is 0.796 e. The van der Waals surface area contributed by atoms with E-state index in [-0.39, 0.29) is 18.1 Å². The zero-order valence-corrected chi connectivity index (χ0v) is 12.6. The highest BCUT2D eigenvalue weighted by atomic mass is 19.2. The van der Waals surface area contributed by atoms with Gasteiger partial charge in [-0.3, -0.25) is 9.79 Å². The lowest BCUT2D eigenvalue weighted by Crippen LogP contribution is -2.11. The van der Waals surface area contributed by atoms with Crippen LogP contribution in [0.5, 0.6) is 0 Å². The number of benzene rings is 2. The van der Waals surface area contributed by atoms with Gasteiger partial charge in [-0.25, -0.2) is 8.63 Å². The monoisotopic (exact) mass is 326 g/mol. The molecule has 1 heterocycles. The Morgan fingerprint density at radius 3 is 2.54 bits per heavy atom. The topological polar surface area (TPSA) is 50.7 Å². The number of nitrogens with zero attached hydrogens (tertiary/aromatic N) is 1. The molecule has 1 N–H and O–H groups in total. The molecule has 2 aromatic carbocycles. The Hall–Kier alpha value is -2.96. The van der Waals surface area contributed by atoms with Gasteiger partial charge in [-0.15, -0.1) is 0 Å². The van der Waals surface area contributed by atoms with Gasteiger partial charge in [-0.05, 0) is 24.3 Å². The first-order valence-electron chi connectivity index (χ1n) is 7.30. The Bertz CT molecular complexity index is 807. The summed E-state index contributed by atoms with van der Waals surface area (Å²) in [6.45, 7) is 0. The third-order valence-corrected chi connectivity index (χ3v) is 3.42. The number of rotatable bonds is 4. The summed E-state index contributed by atoms with van der Waals surface area (Å²) < 4.78 is 30.5. The molecule has 0 saturated heterocycles. The Kier molecular flexibility index (Phi) is 4.70. The van der Waals surface area contributed by atoms with Crippen molar-refractivity contribution in [1.29, 1.82) is 0 Å². The van der Waals surface area contributed by atoms with E-state index in [9.17, 15) is 13.4 Å². The smallest absolute Gasteiger partial charge is 0.504 e. The number of anilines is 1. The molecule has 24 heavy (non-hydrogen) atoms. The van der Waals surface area contributed by atoms with Crippen LogP contribution < -0.4 is 5.32 Å². The van der Waals surface area contributed by atoms with Gasteiger partial charge in [-0.1, -0.05) is 30.3 Å². The van der Waals surface area contributed by atoms with Crippen molar-refractivity contribution >= 4 is 36.7 Å². The zero-order chi connectivity index (χ0) is 16.9. The van der Waals surface area contributed by atoms with Gasteiger partial charge in [0, 0.05) is 17.4 Å². The largest absolute Gasteiger partial charge is 0.796 e. The van der Waals surface area contributed by atoms with Gasteiger partial charge in [0.2, 0.25) is 5.91 Å². The second-order valence-electron chi connectivity index (χ2n) is 5.10. The zero-order valence-electron chi connectivity index (χ0n) is 12.6. The molecule has 0 saturated carbocycles. The first-order chi connectivity index (χ1) is 11.6. The second-order valence-corrected chi connectivity index (χ2v) is 5.10. The molecule has 3 rings (SSSR count). The van der Waals surface area contributed by atoms with Crippen molar-refractivity contribution in [2.75, 3.05) is 5.32 Å². The predicted octanol–water partition coefficient (Wildman–Crippen LogP) is 4.08. The van der Waals surface area contributed by atoms with Crippen LogP contribution >= 0.6 is 0 Å². The molecule has 0 fully saturated rings. The maximum atomic E-state index is 12.9. The normalized spacial score (nSPS) is 14.2. The third kappa shape index (κ3) is 3.68. The number of aliphatic imine (C=N–C) groups is 1. The quantitative estimate of drug-likeness (QED) is 0.680. The first kappa shape index (κ1) is 15.9. The second kappa shape index (κ2) is 7.08. The molecular formula is C17H13BF2N2O2. The van der Waals surface area contributed by atoms with E-state index in [1.54, 1.807) is 36.4 Å². The highest BCUT2D eigenvalue weighted by Gasteiger charge is 2.27. The van der Waals surface area contributed by atoms with Crippen LogP contribution in [0.15, 0.2) is 65.2 Å². The van der Waals surface area contributed by atoms with E-state index >= 15 is 0 Å². The summed E-state index contributed by atoms with van der Waals surface area (Å²) in [7, 11) is -3.00. The van der Waals surface area contributed by atoms with E-state index in [4.69, 9.17) is 4.65 Å². The van der Waals surface area contributed by atoms with E-state index in [1.165, 1.54) is 6.21 Å². The number of nitrogens with one attached hydrogen (secondary N) is 1. The van der Waals surface area contributed by atoms with E-state index in [2.05, 4.69) is 10.3 Å². The van der Waals surface area contributed by atoms with Crippen LogP contribution in [0.4, 0.5) is 20.0 Å². The number of fused-ring (bicyclic) bond motifs is 1. The number of amides is 1. The lowest BCUT2D eigenvalue weighted by molar-refractivity contribution is -0.115. The van der Waals surface area contributed by atoms with Crippen LogP contribution in [-0.2, 0) is 9.45 Å². The number of carbonyl (C=O) groups is 1. The van der Waals surface area contributed by atoms with Gasteiger partial charge in [0.05, 0.1) is 17.8 Å². The minimum absolute atomic E-state index is 0.0429. The van der Waals surface area contributed by atoms with Crippen molar-refractivity contribution in [3.8, 4) is 0 Å². The van der Waals surface area contributed by atoms with Crippen LogP contribution in [0.2, 0.25) is 0 Å². The molecule has 0 bridgehead atoms. The van der Waals surface area contributed by atoms with Crippen LogP contribution in [0.25, 0.3) is 5.76 Å². The minimum atomic E-state index is -3.00. The number of halogens is 2. The Balaban J connectivity index is 2.07. The van der Waals surface area contributed by atoms with Crippen molar-refractivity contribution in [3.05, 3.63) is 65.7 Å². The number of carbonyl (C=O) groups excluding carboxylic acids is 1. The summed E-state index contributed by atoms with van der Waals surface area (Å²) in [6.07, 6.45) is 1.29. The molecule has 2 aromatic rings. The average Bonchev–Trinajstić information content (AvgIpc) is 2.70. The fraction of sp³-hybridized carbons (Fsp3) is 0.0588. The average molecular weight is 326 g/mol. The van der Waals surface area contributed by atoms with Crippen molar-refractivity contribution in [1.82, 2.24) is 0 Å². The van der Waals surface area contributed by atoms with Crippen molar-refractivity contribution in [2.24, 2.45) is 4.99 Å². The van der Waals surface area contributed by atoms with Crippen LogP contribution in [-0.4, -0.2) is 19.6 Å². The predicted molar refractivity (Wildman–Crippen MR) is 90.3 cm³/mol. The van der Waals surface area contributed by atoms with Crippen LogP contribution in [0, 0.1) is 0 Å². The first-order valence-corrected chi connectivity index (χ1v) is 7.30. The summed E-state index contributed by atoms with van der Waals surface area (Å²) in [5.41, 5.74) is 1.78. The highest BCUT2D eigenvalue weighted by Crippen LogP contribution is 2.32. The Morgan fingerprint density at radius 1 is 1.08 bits per heavy atom. The van der Waals surface area contributed by atoms with E-state index in [0.29, 0.717) is 22.5 Å². The van der Waals surface area contributed by atoms with E-state index in [0.717, 1.165) is 0 Å². The SMILES string of the molecule is O=C1CC(C=Nc2ccccc2)=C(OB(F)F)c2ccccc2N1. The maximum absolute atomic E-state index is 12.9. The molecule has 0 spiro atoms. The minimum Gasteiger partial charge on any atom is -0.504 e. The van der Waals surface area contributed by atoms with E-state index < -0.39 is 7.47 Å². The molecule has 120 valence electrons. The molecule has 0 aromatic heterocycles. The molecule has 0 radical (unpaired) electrons. The Morgan fingerprint density at radius 2 is 1.79 bits per heavy atom. The highest BCUT2D eigenvalue weighted by molar-refractivity contribution is 6.36. The molecule has 0 unspecified atom stereocenters. The standard InChI is InChI=1S/C17H13BF2N2O2/c19-18(20)24-17-12(11-21-13-6-2-1-3-7-13)10-16(23)22-15-9-5-4-8-14(15)17/h1-9,11H,10H2,(H,22,23). The van der Waals surface area contributed by atoms with Crippen LogP contribution in [0.1, 0.15) is 12.0 Å². The lowest BCUT2D eigenvalue weighted by atomic mass is 10.1. The molecular weight excluding hydrogens is 313 g/mol. The van der Waals surface area contributed by atoms with Gasteiger partial charge in [-0.2, -0.15) is 0 Å². The van der Waals surface area contributed by atoms with Gasteiger partial charge in [0.15, 0.2) is 0 Å². The van der Waals surface area contributed by atoms with Crippen molar-refractivity contribution in [2.45, 2.75) is 6.42 Å². The molecule has 0 atom stereocenters. The molecule has 4 nitrogen and oxygen atoms in total. The van der Waals surface area contributed by atoms with Gasteiger partial charge >= 0.3 is 7.47 Å². The van der Waals surface area contributed by atoms with Crippen molar-refractivity contribution in [3.63, 3.8) is 0 Å². The number of para-hydroxylation sites is 2. The molecule has 7 heteroatoms. The fourth-order valence-corrected chi connectivity index (χ4v) is 2.41. The molecule has 1 aliphatic rings. The lowest BCUT2D eigenvalue weighted by Gasteiger charge is -2.12. The third-order valence-electron chi connectivity index (χ3n) is 3.42. The molecule has 1 aliphatic heterocycles. The summed E-state index contributed by atoms with van der Waals surface area (Å²) in [4.78, 5) is 16.3. The molecule has 0 aliphatic carbocycles. The van der Waals surface area contributed by atoms with Crippen molar-refractivity contribution < 1.29 is 18.1 Å². The van der Waals surface area contributed by atoms with Gasteiger partial charge in [0.1, 0.15) is 5.76 Å². The fourth-order valence-electron chi connectivity index (χ4n) is 2.41. The van der Waals surface area contributed by atoms with Gasteiger partial charge in [0.25, 0.3) is 0 Å². The summed E-state index contributed by atoms with van der Waals surface area (Å²) in [6, 6.07) is 15.7.